The number of carboxylic acids is 1. The maximum absolute atomic E-state index is 10.4. The van der Waals surface area contributed by atoms with Crippen LogP contribution in [0.15, 0.2) is 12.2 Å². The fourth-order valence-corrected chi connectivity index (χ4v) is 0.694. The van der Waals surface area contributed by atoms with E-state index < -0.39 is 5.97 Å². The smallest absolute Gasteiger partial charge is 0.317 e. The monoisotopic (exact) mass is 201 g/mol. The van der Waals surface area contributed by atoms with Crippen molar-refractivity contribution >= 4 is 11.8 Å². The lowest BCUT2D eigenvalue weighted by Gasteiger charge is -2.09. The molecular formula is C10H19NO3. The van der Waals surface area contributed by atoms with Gasteiger partial charge in [0.05, 0.1) is 6.54 Å². The summed E-state index contributed by atoms with van der Waals surface area (Å²) in [5.41, 5.74) is 0. The topological polar surface area (TPSA) is 57.6 Å². The Kier molecular flexibility index (Phi) is 10.9. The van der Waals surface area contributed by atoms with Gasteiger partial charge in [0, 0.05) is 6.54 Å². The third-order valence-electron chi connectivity index (χ3n) is 1.17. The van der Waals surface area contributed by atoms with Crippen LogP contribution in [0, 0.1) is 0 Å². The van der Waals surface area contributed by atoms with Gasteiger partial charge in [-0.05, 0) is 20.0 Å². The Labute approximate surface area is 85.2 Å². The van der Waals surface area contributed by atoms with Gasteiger partial charge in [-0.2, -0.15) is 0 Å². The van der Waals surface area contributed by atoms with Crippen LogP contribution in [0.5, 0.6) is 0 Å². The van der Waals surface area contributed by atoms with Gasteiger partial charge >= 0.3 is 5.97 Å². The summed E-state index contributed by atoms with van der Waals surface area (Å²) in [7, 11) is 1.68. The van der Waals surface area contributed by atoms with Crippen molar-refractivity contribution in [3.05, 3.63) is 12.2 Å². The number of hydrogen-bond acceptors (Lipinski definition) is 3. The molecular weight excluding hydrogens is 182 g/mol. The first-order valence-corrected chi connectivity index (χ1v) is 4.60. The number of ketones is 1. The molecule has 0 unspecified atom stereocenters. The first-order valence-electron chi connectivity index (χ1n) is 4.60. The molecule has 0 fully saturated rings. The molecule has 0 saturated heterocycles. The van der Waals surface area contributed by atoms with E-state index in [4.69, 9.17) is 5.11 Å². The number of rotatable bonds is 5. The largest absolute Gasteiger partial charge is 0.480 e. The van der Waals surface area contributed by atoms with Crippen molar-refractivity contribution in [3.63, 3.8) is 0 Å². The van der Waals surface area contributed by atoms with Crippen LogP contribution in [0.3, 0.4) is 0 Å². The maximum atomic E-state index is 10.4. The summed E-state index contributed by atoms with van der Waals surface area (Å²) < 4.78 is 0. The van der Waals surface area contributed by atoms with Crippen LogP contribution in [-0.2, 0) is 9.59 Å². The molecule has 0 bridgehead atoms. The lowest BCUT2D eigenvalue weighted by atomic mass is 10.4. The van der Waals surface area contributed by atoms with E-state index in [-0.39, 0.29) is 12.3 Å². The highest BCUT2D eigenvalue weighted by Crippen LogP contribution is 1.83. The maximum Gasteiger partial charge on any atom is 0.317 e. The fraction of sp³-hybridized carbons (Fsp3) is 0.600. The predicted molar refractivity (Wildman–Crippen MR) is 56.3 cm³/mol. The van der Waals surface area contributed by atoms with Crippen LogP contribution in [0.4, 0.5) is 0 Å². The van der Waals surface area contributed by atoms with Gasteiger partial charge in [-0.3, -0.25) is 14.5 Å². The van der Waals surface area contributed by atoms with Crippen LogP contribution < -0.4 is 0 Å². The Hall–Kier alpha value is -1.16. The molecule has 0 aliphatic carbocycles. The van der Waals surface area contributed by atoms with Gasteiger partial charge in [0.2, 0.25) is 0 Å². The minimum atomic E-state index is -0.867. The minimum Gasteiger partial charge on any atom is -0.480 e. The lowest BCUT2D eigenvalue weighted by molar-refractivity contribution is -0.137. The summed E-state index contributed by atoms with van der Waals surface area (Å²) in [6, 6.07) is 0. The summed E-state index contributed by atoms with van der Waals surface area (Å²) >= 11 is 0. The number of carboxylic acid groups (broad SMARTS) is 1. The molecule has 14 heavy (non-hydrogen) atoms. The van der Waals surface area contributed by atoms with Crippen LogP contribution in [0.1, 0.15) is 20.8 Å². The zero-order valence-corrected chi connectivity index (χ0v) is 9.28. The fourth-order valence-electron chi connectivity index (χ4n) is 0.694. The second-order valence-electron chi connectivity index (χ2n) is 2.60. The summed E-state index contributed by atoms with van der Waals surface area (Å²) in [6.45, 7) is 5.92. The third kappa shape index (κ3) is 13.4. The van der Waals surface area contributed by atoms with Crippen LogP contribution in [-0.4, -0.2) is 41.9 Å². The Morgan fingerprint density at radius 2 is 1.86 bits per heavy atom. The van der Waals surface area contributed by atoms with E-state index in [0.29, 0.717) is 6.54 Å². The van der Waals surface area contributed by atoms with Crippen molar-refractivity contribution < 1.29 is 14.7 Å². The van der Waals surface area contributed by atoms with Gasteiger partial charge in [0.25, 0.3) is 0 Å². The summed E-state index contributed by atoms with van der Waals surface area (Å²) in [4.78, 5) is 22.2. The highest BCUT2D eigenvalue weighted by atomic mass is 16.4. The van der Waals surface area contributed by atoms with Gasteiger partial charge in [-0.1, -0.05) is 19.9 Å². The molecule has 0 amide bonds. The quantitative estimate of drug-likeness (QED) is 0.678. The molecule has 82 valence electrons. The third-order valence-corrected chi connectivity index (χ3v) is 1.17. The van der Waals surface area contributed by atoms with Crippen LogP contribution in [0.25, 0.3) is 0 Å². The van der Waals surface area contributed by atoms with E-state index in [1.165, 1.54) is 13.0 Å². The summed E-state index contributed by atoms with van der Waals surface area (Å²) in [6.07, 6.45) is 3.07. The van der Waals surface area contributed by atoms with Crippen molar-refractivity contribution in [3.8, 4) is 0 Å². The second-order valence-corrected chi connectivity index (χ2v) is 2.60. The molecule has 0 radical (unpaired) electrons. The Balaban J connectivity index is 0. The number of allylic oxidation sites excluding steroid dienone is 1. The highest BCUT2D eigenvalue weighted by molar-refractivity contribution is 5.87. The minimum absolute atomic E-state index is 0.0117. The molecule has 0 aliphatic rings. The molecule has 1 N–H and O–H groups in total. The summed E-state index contributed by atoms with van der Waals surface area (Å²) in [5.74, 6) is -0.896. The number of hydrogen-bond donors (Lipinski definition) is 1. The van der Waals surface area contributed by atoms with Crippen molar-refractivity contribution in [1.29, 1.82) is 0 Å². The first-order chi connectivity index (χ1) is 6.52. The average molecular weight is 201 g/mol. The molecule has 0 aromatic heterocycles. The van der Waals surface area contributed by atoms with E-state index in [1.54, 1.807) is 18.0 Å². The number of carbonyl (C=O) groups excluding carboxylic acids is 1. The molecule has 0 atom stereocenters. The van der Waals surface area contributed by atoms with E-state index in [2.05, 4.69) is 0 Å². The van der Waals surface area contributed by atoms with Crippen LogP contribution >= 0.6 is 0 Å². The molecule has 0 rings (SSSR count). The highest BCUT2D eigenvalue weighted by Gasteiger charge is 2.00. The van der Waals surface area contributed by atoms with Crippen molar-refractivity contribution in [2.24, 2.45) is 0 Å². The Bertz CT molecular complexity index is 200. The van der Waals surface area contributed by atoms with E-state index in [1.807, 2.05) is 13.8 Å². The molecule has 0 saturated carbocycles. The predicted octanol–water partition coefficient (Wildman–Crippen LogP) is 1.17. The number of aliphatic carboxylic acids is 1. The van der Waals surface area contributed by atoms with Crippen molar-refractivity contribution in [2.75, 3.05) is 20.1 Å². The summed E-state index contributed by atoms with van der Waals surface area (Å²) in [5, 5.41) is 8.36. The Morgan fingerprint density at radius 3 is 2.21 bits per heavy atom. The molecule has 4 heteroatoms. The first kappa shape index (κ1) is 15.3. The lowest BCUT2D eigenvalue weighted by Crippen LogP contribution is -2.25. The molecule has 4 nitrogen and oxygen atoms in total. The van der Waals surface area contributed by atoms with Gasteiger partial charge in [0.15, 0.2) is 5.78 Å². The SMILES string of the molecule is CC.CC(=O)/C=C/CN(C)CC(=O)O. The van der Waals surface area contributed by atoms with Crippen molar-refractivity contribution in [1.82, 2.24) is 4.90 Å². The average Bonchev–Trinajstić information content (AvgIpc) is 2.05. The zero-order valence-electron chi connectivity index (χ0n) is 9.28. The van der Waals surface area contributed by atoms with Crippen molar-refractivity contribution in [2.45, 2.75) is 20.8 Å². The number of carbonyl (C=O) groups is 2. The number of nitrogens with zero attached hydrogens (tertiary/aromatic N) is 1. The molecule has 0 heterocycles. The van der Waals surface area contributed by atoms with Gasteiger partial charge in [-0.15, -0.1) is 0 Å². The molecule has 0 spiro atoms. The van der Waals surface area contributed by atoms with E-state index in [0.717, 1.165) is 0 Å². The molecule has 0 aromatic carbocycles. The van der Waals surface area contributed by atoms with E-state index in [9.17, 15) is 9.59 Å². The van der Waals surface area contributed by atoms with Gasteiger partial charge in [0.1, 0.15) is 0 Å². The number of likely N-dealkylation sites (N-methyl/N-ethyl adjacent to an activating group) is 1. The van der Waals surface area contributed by atoms with E-state index >= 15 is 0 Å². The molecule has 0 aromatic rings. The second kappa shape index (κ2) is 9.92. The van der Waals surface area contributed by atoms with Crippen LogP contribution in [0.2, 0.25) is 0 Å². The Morgan fingerprint density at radius 1 is 1.36 bits per heavy atom. The van der Waals surface area contributed by atoms with Gasteiger partial charge < -0.3 is 5.11 Å². The zero-order chi connectivity index (χ0) is 11.6. The van der Waals surface area contributed by atoms with Gasteiger partial charge in [-0.25, -0.2) is 0 Å². The molecule has 0 aliphatic heterocycles. The standard InChI is InChI=1S/C8H13NO3.C2H6/c1-7(10)4-3-5-9(2)6-8(11)12;1-2/h3-4H,5-6H2,1-2H3,(H,11,12);1-2H3/b4-3+;. The normalized spacial score (nSPS) is 9.79.